The molecule has 1 aromatic heterocycles. The molecule has 1 heterocycles. The maximum absolute atomic E-state index is 11.1. The molecule has 0 bridgehead atoms. The number of benzene rings is 2. The number of fused-ring (bicyclic) bond motifs is 1. The van der Waals surface area contributed by atoms with Gasteiger partial charge in [-0.15, -0.1) is 0 Å². The van der Waals surface area contributed by atoms with Crippen LogP contribution in [0.25, 0.3) is 11.1 Å². The van der Waals surface area contributed by atoms with Gasteiger partial charge in [0.25, 0.3) is 0 Å². The van der Waals surface area contributed by atoms with Crippen molar-refractivity contribution in [2.75, 3.05) is 0 Å². The number of para-hydroxylation sites is 2. The number of nitrogens with zero attached hydrogens (tertiary/aromatic N) is 1. The summed E-state index contributed by atoms with van der Waals surface area (Å²) in [5.41, 5.74) is 1.11. The molecule has 2 aromatic carbocycles. The van der Waals surface area contributed by atoms with Crippen molar-refractivity contribution in [1.82, 2.24) is 4.98 Å². The molecule has 1 atom stereocenters. The molecule has 0 saturated heterocycles. The van der Waals surface area contributed by atoms with Crippen molar-refractivity contribution in [2.45, 2.75) is 25.4 Å². The van der Waals surface area contributed by atoms with E-state index < -0.39 is 5.60 Å². The quantitative estimate of drug-likeness (QED) is 0.780. The van der Waals surface area contributed by atoms with Gasteiger partial charge in [0.05, 0.1) is 0 Å². The number of rotatable bonds is 4. The molecule has 20 heavy (non-hydrogen) atoms. The molecule has 0 aliphatic carbocycles. The lowest BCUT2D eigenvalue weighted by molar-refractivity contribution is 0.0430. The first-order chi connectivity index (χ1) is 9.74. The van der Waals surface area contributed by atoms with Crippen LogP contribution in [0.1, 0.15) is 31.2 Å². The fourth-order valence-corrected chi connectivity index (χ4v) is 2.50. The highest BCUT2D eigenvalue weighted by molar-refractivity contribution is 5.72. The summed E-state index contributed by atoms with van der Waals surface area (Å²) in [5.74, 6) is 0.367. The van der Waals surface area contributed by atoms with E-state index in [1.807, 2.05) is 61.5 Å². The van der Waals surface area contributed by atoms with Gasteiger partial charge in [0.2, 0.25) is 5.89 Å². The monoisotopic (exact) mass is 267 g/mol. The predicted molar refractivity (Wildman–Crippen MR) is 78.4 cm³/mol. The Morgan fingerprint density at radius 2 is 1.75 bits per heavy atom. The van der Waals surface area contributed by atoms with Crippen LogP contribution in [0.4, 0.5) is 0 Å². The average molecular weight is 267 g/mol. The number of hydrogen-bond acceptors (Lipinski definition) is 3. The number of aromatic nitrogens is 1. The average Bonchev–Trinajstić information content (AvgIpc) is 2.93. The van der Waals surface area contributed by atoms with Crippen molar-refractivity contribution < 1.29 is 9.52 Å². The molecule has 0 aliphatic rings. The van der Waals surface area contributed by atoms with Gasteiger partial charge in [-0.05, 0) is 24.1 Å². The van der Waals surface area contributed by atoms with E-state index in [1.54, 1.807) is 0 Å². The van der Waals surface area contributed by atoms with E-state index in [1.165, 1.54) is 0 Å². The Kier molecular flexibility index (Phi) is 3.28. The highest BCUT2D eigenvalue weighted by atomic mass is 16.4. The first-order valence-corrected chi connectivity index (χ1v) is 6.88. The molecule has 102 valence electrons. The fourth-order valence-electron chi connectivity index (χ4n) is 2.50. The van der Waals surface area contributed by atoms with E-state index in [0.29, 0.717) is 17.9 Å². The highest BCUT2D eigenvalue weighted by Gasteiger charge is 2.35. The molecule has 3 rings (SSSR count). The zero-order valence-corrected chi connectivity index (χ0v) is 11.4. The van der Waals surface area contributed by atoms with Crippen LogP contribution in [0.2, 0.25) is 0 Å². The summed E-state index contributed by atoms with van der Waals surface area (Å²) < 4.78 is 5.78. The van der Waals surface area contributed by atoms with E-state index in [9.17, 15) is 5.11 Å². The van der Waals surface area contributed by atoms with Gasteiger partial charge < -0.3 is 9.52 Å². The third kappa shape index (κ3) is 2.10. The van der Waals surface area contributed by atoms with Gasteiger partial charge in [0.15, 0.2) is 11.2 Å². The van der Waals surface area contributed by atoms with E-state index in [0.717, 1.165) is 17.5 Å². The van der Waals surface area contributed by atoms with Crippen molar-refractivity contribution in [3.63, 3.8) is 0 Å². The Hall–Kier alpha value is -2.13. The SMILES string of the molecule is CCCC(O)(c1ccccc1)c1nc2ccccc2o1. The second kappa shape index (κ2) is 5.10. The van der Waals surface area contributed by atoms with Crippen LogP contribution in [-0.2, 0) is 5.60 Å². The Morgan fingerprint density at radius 3 is 2.45 bits per heavy atom. The second-order valence-electron chi connectivity index (χ2n) is 4.96. The Labute approximate surface area is 117 Å². The summed E-state index contributed by atoms with van der Waals surface area (Å²) in [6, 6.07) is 17.1. The third-order valence-electron chi connectivity index (χ3n) is 3.51. The Bertz CT molecular complexity index is 672. The molecular formula is C17H17NO2. The lowest BCUT2D eigenvalue weighted by Crippen LogP contribution is -2.27. The summed E-state index contributed by atoms with van der Waals surface area (Å²) in [5, 5.41) is 11.1. The summed E-state index contributed by atoms with van der Waals surface area (Å²) in [4.78, 5) is 4.46. The zero-order valence-electron chi connectivity index (χ0n) is 11.4. The van der Waals surface area contributed by atoms with Crippen LogP contribution in [-0.4, -0.2) is 10.1 Å². The van der Waals surface area contributed by atoms with Crippen LogP contribution >= 0.6 is 0 Å². The molecule has 3 nitrogen and oxygen atoms in total. The van der Waals surface area contributed by atoms with Crippen LogP contribution in [0.5, 0.6) is 0 Å². The van der Waals surface area contributed by atoms with Crippen molar-refractivity contribution >= 4 is 11.1 Å². The molecule has 0 spiro atoms. The molecule has 3 aromatic rings. The molecule has 0 amide bonds. The molecular weight excluding hydrogens is 250 g/mol. The van der Waals surface area contributed by atoms with Crippen molar-refractivity contribution in [3.05, 3.63) is 66.1 Å². The summed E-state index contributed by atoms with van der Waals surface area (Å²) in [6.45, 7) is 2.04. The van der Waals surface area contributed by atoms with Gasteiger partial charge >= 0.3 is 0 Å². The molecule has 0 saturated carbocycles. The Balaban J connectivity index is 2.14. The third-order valence-corrected chi connectivity index (χ3v) is 3.51. The Morgan fingerprint density at radius 1 is 1.05 bits per heavy atom. The van der Waals surface area contributed by atoms with Crippen molar-refractivity contribution in [2.24, 2.45) is 0 Å². The van der Waals surface area contributed by atoms with E-state index in [2.05, 4.69) is 4.98 Å². The van der Waals surface area contributed by atoms with Crippen molar-refractivity contribution in [1.29, 1.82) is 0 Å². The topological polar surface area (TPSA) is 46.3 Å². The van der Waals surface area contributed by atoms with Gasteiger partial charge in [-0.2, -0.15) is 0 Å². The smallest absolute Gasteiger partial charge is 0.232 e. The second-order valence-corrected chi connectivity index (χ2v) is 4.96. The fraction of sp³-hybridized carbons (Fsp3) is 0.235. The van der Waals surface area contributed by atoms with Crippen molar-refractivity contribution in [3.8, 4) is 0 Å². The summed E-state index contributed by atoms with van der Waals surface area (Å²) in [6.07, 6.45) is 1.41. The highest BCUT2D eigenvalue weighted by Crippen LogP contribution is 2.35. The normalized spacial score (nSPS) is 14.3. The largest absolute Gasteiger partial charge is 0.437 e. The van der Waals surface area contributed by atoms with E-state index in [-0.39, 0.29) is 0 Å². The number of hydrogen-bond donors (Lipinski definition) is 1. The number of oxazole rings is 1. The van der Waals surface area contributed by atoms with Crippen LogP contribution in [0.3, 0.4) is 0 Å². The minimum absolute atomic E-state index is 0.367. The first kappa shape index (κ1) is 12.9. The molecule has 0 radical (unpaired) electrons. The molecule has 0 fully saturated rings. The molecule has 3 heteroatoms. The lowest BCUT2D eigenvalue weighted by Gasteiger charge is -2.24. The zero-order chi connectivity index (χ0) is 14.0. The van der Waals surface area contributed by atoms with Crippen LogP contribution in [0.15, 0.2) is 59.0 Å². The van der Waals surface area contributed by atoms with Crippen LogP contribution in [0, 0.1) is 0 Å². The minimum Gasteiger partial charge on any atom is -0.437 e. The maximum atomic E-state index is 11.1. The van der Waals surface area contributed by atoms with Gasteiger partial charge in [-0.25, -0.2) is 4.98 Å². The van der Waals surface area contributed by atoms with Gasteiger partial charge in [0.1, 0.15) is 5.52 Å². The number of aliphatic hydroxyl groups is 1. The van der Waals surface area contributed by atoms with E-state index in [4.69, 9.17) is 4.42 Å². The summed E-state index contributed by atoms with van der Waals surface area (Å²) >= 11 is 0. The van der Waals surface area contributed by atoms with E-state index >= 15 is 0 Å². The minimum atomic E-state index is -1.17. The molecule has 1 unspecified atom stereocenters. The molecule has 0 aliphatic heterocycles. The van der Waals surface area contributed by atoms with Gasteiger partial charge in [-0.1, -0.05) is 55.8 Å². The van der Waals surface area contributed by atoms with Crippen LogP contribution < -0.4 is 0 Å². The predicted octanol–water partition coefficient (Wildman–Crippen LogP) is 3.86. The molecule has 1 N–H and O–H groups in total. The lowest BCUT2D eigenvalue weighted by atomic mass is 9.89. The van der Waals surface area contributed by atoms with Gasteiger partial charge in [-0.3, -0.25) is 0 Å². The first-order valence-electron chi connectivity index (χ1n) is 6.88. The maximum Gasteiger partial charge on any atom is 0.232 e. The standard InChI is InChI=1S/C17H17NO2/c1-2-12-17(19,13-8-4-3-5-9-13)16-18-14-10-6-7-11-15(14)20-16/h3-11,19H,2,12H2,1H3. The van der Waals surface area contributed by atoms with Gasteiger partial charge in [0, 0.05) is 0 Å². The summed E-state index contributed by atoms with van der Waals surface area (Å²) in [7, 11) is 0.